The second-order valence-electron chi connectivity index (χ2n) is 4.02. The van der Waals surface area contributed by atoms with E-state index >= 15 is 0 Å². The van der Waals surface area contributed by atoms with E-state index in [4.69, 9.17) is 5.26 Å². The van der Waals surface area contributed by atoms with Crippen LogP contribution >= 0.6 is 22.6 Å². The van der Waals surface area contributed by atoms with Crippen molar-refractivity contribution in [1.82, 2.24) is 9.78 Å². The summed E-state index contributed by atoms with van der Waals surface area (Å²) >= 11 is 2.24. The normalized spacial score (nSPS) is 11.3. The van der Waals surface area contributed by atoms with E-state index in [9.17, 15) is 0 Å². The fourth-order valence-electron chi connectivity index (χ4n) is 1.20. The summed E-state index contributed by atoms with van der Waals surface area (Å²) in [4.78, 5) is 0. The molecule has 76 valence electrons. The first-order valence-electron chi connectivity index (χ1n) is 4.63. The number of aryl methyl sites for hydroxylation is 1. The molecule has 1 aromatic heterocycles. The molecule has 1 rings (SSSR count). The van der Waals surface area contributed by atoms with Gasteiger partial charge in [-0.1, -0.05) is 0 Å². The maximum Gasteiger partial charge on any atom is 0.0683 e. The van der Waals surface area contributed by atoms with Crippen molar-refractivity contribution in [3.05, 3.63) is 16.0 Å². The lowest BCUT2D eigenvalue weighted by atomic mass is 9.90. The van der Waals surface area contributed by atoms with Gasteiger partial charge in [0.1, 0.15) is 0 Å². The third-order valence-corrected chi connectivity index (χ3v) is 2.65. The molecule has 1 heterocycles. The molecule has 0 saturated heterocycles. The Bertz CT molecular complexity index is 335. The van der Waals surface area contributed by atoms with Crippen LogP contribution < -0.4 is 0 Å². The molecule has 0 aliphatic rings. The van der Waals surface area contributed by atoms with Crippen LogP contribution in [0.4, 0.5) is 0 Å². The average molecular weight is 303 g/mol. The van der Waals surface area contributed by atoms with E-state index in [-0.39, 0.29) is 5.41 Å². The van der Waals surface area contributed by atoms with Crippen LogP contribution in [0.2, 0.25) is 0 Å². The lowest BCUT2D eigenvalue weighted by Gasteiger charge is -2.14. The number of halogens is 1. The average Bonchev–Trinajstić information content (AvgIpc) is 2.51. The third-order valence-electron chi connectivity index (χ3n) is 2.09. The van der Waals surface area contributed by atoms with Crippen molar-refractivity contribution in [2.24, 2.45) is 5.41 Å². The Kier molecular flexibility index (Phi) is 3.93. The van der Waals surface area contributed by atoms with Crippen molar-refractivity contribution < 1.29 is 0 Å². The van der Waals surface area contributed by atoms with Crippen LogP contribution in [0.25, 0.3) is 0 Å². The molecule has 0 amide bonds. The monoisotopic (exact) mass is 303 g/mol. The SMILES string of the molecule is CC(C)(C#N)CCCn1cc(I)cn1. The third kappa shape index (κ3) is 3.66. The lowest BCUT2D eigenvalue weighted by molar-refractivity contribution is 0.407. The summed E-state index contributed by atoms with van der Waals surface area (Å²) in [5, 5.41) is 13.0. The van der Waals surface area contributed by atoms with E-state index in [0.717, 1.165) is 23.0 Å². The van der Waals surface area contributed by atoms with Crippen LogP contribution in [0.15, 0.2) is 12.4 Å². The Morgan fingerprint density at radius 2 is 2.36 bits per heavy atom. The molecule has 0 aromatic carbocycles. The fraction of sp³-hybridized carbons (Fsp3) is 0.600. The second-order valence-corrected chi connectivity index (χ2v) is 5.27. The fourth-order valence-corrected chi connectivity index (χ4v) is 1.65. The zero-order valence-corrected chi connectivity index (χ0v) is 10.7. The van der Waals surface area contributed by atoms with Crippen LogP contribution in [0, 0.1) is 20.3 Å². The van der Waals surface area contributed by atoms with Crippen LogP contribution in [0.5, 0.6) is 0 Å². The lowest BCUT2D eigenvalue weighted by Crippen LogP contribution is -2.09. The first-order valence-corrected chi connectivity index (χ1v) is 5.70. The predicted molar refractivity (Wildman–Crippen MR) is 63.6 cm³/mol. The van der Waals surface area contributed by atoms with Crippen molar-refractivity contribution in [2.45, 2.75) is 33.2 Å². The first-order chi connectivity index (χ1) is 6.53. The van der Waals surface area contributed by atoms with Crippen molar-refractivity contribution in [1.29, 1.82) is 5.26 Å². The smallest absolute Gasteiger partial charge is 0.0683 e. The summed E-state index contributed by atoms with van der Waals surface area (Å²) in [6.45, 7) is 4.84. The molecule has 0 unspecified atom stereocenters. The molecule has 0 radical (unpaired) electrons. The van der Waals surface area contributed by atoms with Gasteiger partial charge in [-0.25, -0.2) is 0 Å². The van der Waals surface area contributed by atoms with Gasteiger partial charge >= 0.3 is 0 Å². The summed E-state index contributed by atoms with van der Waals surface area (Å²) in [6, 6.07) is 2.30. The van der Waals surface area contributed by atoms with Gasteiger partial charge in [0.25, 0.3) is 0 Å². The minimum absolute atomic E-state index is 0.208. The minimum atomic E-state index is -0.208. The highest BCUT2D eigenvalue weighted by Gasteiger charge is 2.15. The molecule has 0 aliphatic carbocycles. The molecule has 0 spiro atoms. The predicted octanol–water partition coefficient (Wildman–Crippen LogP) is 2.82. The number of hydrogen-bond donors (Lipinski definition) is 0. The van der Waals surface area contributed by atoms with E-state index in [1.54, 1.807) is 0 Å². The number of nitriles is 1. The summed E-state index contributed by atoms with van der Waals surface area (Å²) < 4.78 is 3.08. The first kappa shape index (κ1) is 11.5. The number of aromatic nitrogens is 2. The molecule has 0 aliphatic heterocycles. The topological polar surface area (TPSA) is 41.6 Å². The zero-order chi connectivity index (χ0) is 10.6. The second kappa shape index (κ2) is 4.78. The van der Waals surface area contributed by atoms with E-state index in [2.05, 4.69) is 33.8 Å². The Labute approximate surface area is 98.2 Å². The van der Waals surface area contributed by atoms with Crippen molar-refractivity contribution >= 4 is 22.6 Å². The summed E-state index contributed by atoms with van der Waals surface area (Å²) in [5.74, 6) is 0. The van der Waals surface area contributed by atoms with Crippen LogP contribution in [0.3, 0.4) is 0 Å². The van der Waals surface area contributed by atoms with Crippen LogP contribution in [-0.2, 0) is 6.54 Å². The van der Waals surface area contributed by atoms with Gasteiger partial charge < -0.3 is 0 Å². The van der Waals surface area contributed by atoms with Crippen molar-refractivity contribution in [3.63, 3.8) is 0 Å². The number of nitrogens with zero attached hydrogens (tertiary/aromatic N) is 3. The van der Waals surface area contributed by atoms with Crippen molar-refractivity contribution in [3.8, 4) is 6.07 Å². The molecule has 4 heteroatoms. The molecule has 0 fully saturated rings. The molecule has 0 N–H and O–H groups in total. The van der Waals surface area contributed by atoms with Gasteiger partial charge in [0.15, 0.2) is 0 Å². The van der Waals surface area contributed by atoms with Gasteiger partial charge in [-0.2, -0.15) is 10.4 Å². The standard InChI is InChI=1S/C10H14IN3/c1-10(2,8-12)4-3-5-14-7-9(11)6-13-14/h6-7H,3-5H2,1-2H3. The highest BCUT2D eigenvalue weighted by molar-refractivity contribution is 14.1. The highest BCUT2D eigenvalue weighted by atomic mass is 127. The largest absolute Gasteiger partial charge is 0.272 e. The summed E-state index contributed by atoms with van der Waals surface area (Å²) in [7, 11) is 0. The Morgan fingerprint density at radius 3 is 2.86 bits per heavy atom. The molecule has 0 atom stereocenters. The Hall–Kier alpha value is -0.570. The van der Waals surface area contributed by atoms with E-state index in [1.165, 1.54) is 0 Å². The van der Waals surface area contributed by atoms with Crippen LogP contribution in [-0.4, -0.2) is 9.78 Å². The van der Waals surface area contributed by atoms with Crippen molar-refractivity contribution in [2.75, 3.05) is 0 Å². The van der Waals surface area contributed by atoms with Gasteiger partial charge in [-0.3, -0.25) is 4.68 Å². The Balaban J connectivity index is 2.33. The Morgan fingerprint density at radius 1 is 1.64 bits per heavy atom. The minimum Gasteiger partial charge on any atom is -0.272 e. The molecular weight excluding hydrogens is 289 g/mol. The van der Waals surface area contributed by atoms with Gasteiger partial charge in [0.05, 0.1) is 21.3 Å². The molecule has 14 heavy (non-hydrogen) atoms. The molecular formula is C10H14IN3. The molecule has 0 bridgehead atoms. The van der Waals surface area contributed by atoms with E-state index < -0.39 is 0 Å². The number of rotatable bonds is 4. The highest BCUT2D eigenvalue weighted by Crippen LogP contribution is 2.20. The number of hydrogen-bond acceptors (Lipinski definition) is 2. The van der Waals surface area contributed by atoms with E-state index in [1.807, 2.05) is 30.9 Å². The van der Waals surface area contributed by atoms with Gasteiger partial charge in [-0.15, -0.1) is 0 Å². The molecule has 1 aromatic rings. The summed E-state index contributed by atoms with van der Waals surface area (Å²) in [6.07, 6.45) is 5.77. The van der Waals surface area contributed by atoms with Crippen LogP contribution in [0.1, 0.15) is 26.7 Å². The maximum absolute atomic E-state index is 8.82. The molecule has 0 saturated carbocycles. The van der Waals surface area contributed by atoms with Gasteiger partial charge in [0.2, 0.25) is 0 Å². The quantitative estimate of drug-likeness (QED) is 0.803. The zero-order valence-electron chi connectivity index (χ0n) is 8.50. The van der Waals surface area contributed by atoms with E-state index in [0.29, 0.717) is 0 Å². The maximum atomic E-state index is 8.82. The van der Waals surface area contributed by atoms with Gasteiger partial charge in [-0.05, 0) is 49.3 Å². The molecule has 3 nitrogen and oxygen atoms in total. The summed E-state index contributed by atoms with van der Waals surface area (Å²) in [5.41, 5.74) is -0.208. The van der Waals surface area contributed by atoms with Gasteiger partial charge in [0, 0.05) is 12.7 Å².